The molecule has 1 rings (SSSR count). The van der Waals surface area contributed by atoms with Crippen molar-refractivity contribution in [3.05, 3.63) is 0 Å². The van der Waals surface area contributed by atoms with Gasteiger partial charge in [0.15, 0.2) is 11.8 Å². The summed E-state index contributed by atoms with van der Waals surface area (Å²) in [6, 6.07) is 0. The second-order valence-electron chi connectivity index (χ2n) is 16.0. The number of hydrogen-bond acceptors (Lipinski definition) is 9. The molecule has 2 atom stereocenters. The van der Waals surface area contributed by atoms with Gasteiger partial charge in [-0.2, -0.15) is 10.2 Å². The highest BCUT2D eigenvalue weighted by Gasteiger charge is 2.38. The van der Waals surface area contributed by atoms with Crippen LogP contribution in [-0.4, -0.2) is 80.6 Å². The van der Waals surface area contributed by atoms with Crippen molar-refractivity contribution >= 4 is 19.8 Å². The molecule has 0 spiro atoms. The Hall–Kier alpha value is -1.39. The van der Waals surface area contributed by atoms with Gasteiger partial charge < -0.3 is 18.9 Å². The molecule has 2 unspecified atom stereocenters. The van der Waals surface area contributed by atoms with Gasteiger partial charge in [-0.15, -0.1) is 0 Å². The molecule has 0 radical (unpaired) electrons. The van der Waals surface area contributed by atoms with Crippen molar-refractivity contribution in [2.45, 2.75) is 199 Å². The van der Waals surface area contributed by atoms with E-state index in [9.17, 15) is 19.0 Å². The van der Waals surface area contributed by atoms with Crippen LogP contribution in [0.4, 0.5) is 0 Å². The minimum Gasteiger partial charge on any atom is -0.462 e. The Labute approximate surface area is 318 Å². The van der Waals surface area contributed by atoms with E-state index in [0.29, 0.717) is 23.9 Å². The molecule has 52 heavy (non-hydrogen) atoms. The highest BCUT2D eigenvalue weighted by molar-refractivity contribution is 7.47. The van der Waals surface area contributed by atoms with Crippen LogP contribution in [0.2, 0.25) is 0 Å². The quantitative estimate of drug-likeness (QED) is 0.0285. The van der Waals surface area contributed by atoms with Gasteiger partial charge in [0.2, 0.25) is 0 Å². The van der Waals surface area contributed by atoms with Crippen LogP contribution in [0.5, 0.6) is 0 Å². The summed E-state index contributed by atoms with van der Waals surface area (Å²) in [6.07, 6.45) is 28.8. The Morgan fingerprint density at radius 2 is 1.06 bits per heavy atom. The summed E-state index contributed by atoms with van der Waals surface area (Å²) in [5, 5.41) is 8.55. The molecule has 1 aliphatic rings. The van der Waals surface area contributed by atoms with Crippen LogP contribution >= 0.6 is 7.82 Å². The topological polar surface area (TPSA) is 133 Å². The standard InChI is InChI=1S/C40H78N3O8P/c1-6-8-10-12-14-15-16-17-18-19-20-21-22-24-26-29-38(44)48-35-37(36-50-52(46,47)49-34-33-43(3,4)5)51-39(45)30-28-32-40(41-42-40)31-27-25-23-13-11-9-7-2/h37H,6-36H2,1-5H3/p+1. The number of carbonyl (C=O) groups excluding carboxylic acids is 2. The van der Waals surface area contributed by atoms with Crippen molar-refractivity contribution in [2.24, 2.45) is 10.2 Å². The number of hydrogen-bond donors (Lipinski definition) is 1. The molecule has 11 nitrogen and oxygen atoms in total. The number of carbonyl (C=O) groups is 2. The number of quaternary nitrogens is 1. The Morgan fingerprint density at radius 3 is 1.54 bits per heavy atom. The molecule has 0 aromatic rings. The van der Waals surface area contributed by atoms with Crippen molar-refractivity contribution in [1.82, 2.24) is 0 Å². The minimum atomic E-state index is -4.39. The van der Waals surface area contributed by atoms with Gasteiger partial charge in [0.1, 0.15) is 19.8 Å². The number of phosphoric ester groups is 1. The first kappa shape index (κ1) is 48.6. The van der Waals surface area contributed by atoms with E-state index in [1.807, 2.05) is 21.1 Å². The largest absolute Gasteiger partial charge is 0.472 e. The smallest absolute Gasteiger partial charge is 0.462 e. The van der Waals surface area contributed by atoms with Crippen LogP contribution in [0.3, 0.4) is 0 Å². The van der Waals surface area contributed by atoms with Crippen molar-refractivity contribution in [2.75, 3.05) is 47.5 Å². The predicted octanol–water partition coefficient (Wildman–Crippen LogP) is 11.0. The van der Waals surface area contributed by atoms with Crippen LogP contribution in [0.1, 0.15) is 187 Å². The first-order valence-corrected chi connectivity index (χ1v) is 22.6. The van der Waals surface area contributed by atoms with Crippen LogP contribution in [0, 0.1) is 0 Å². The van der Waals surface area contributed by atoms with E-state index < -0.39 is 26.5 Å². The third kappa shape index (κ3) is 30.0. The fourth-order valence-corrected chi connectivity index (χ4v) is 6.92. The molecule has 306 valence electrons. The number of esters is 2. The number of likely N-dealkylation sites (N-methyl/N-ethyl adjacent to an activating group) is 1. The van der Waals surface area contributed by atoms with Gasteiger partial charge in [-0.3, -0.25) is 18.6 Å². The van der Waals surface area contributed by atoms with Crippen molar-refractivity contribution in [1.29, 1.82) is 0 Å². The highest BCUT2D eigenvalue weighted by Crippen LogP contribution is 2.43. The van der Waals surface area contributed by atoms with E-state index in [1.54, 1.807) is 0 Å². The molecule has 0 saturated heterocycles. The maximum Gasteiger partial charge on any atom is 0.472 e. The lowest BCUT2D eigenvalue weighted by molar-refractivity contribution is -0.870. The van der Waals surface area contributed by atoms with E-state index in [-0.39, 0.29) is 37.7 Å². The average Bonchev–Trinajstić information content (AvgIpc) is 3.86. The Kier molecular flexibility index (Phi) is 28.0. The molecule has 0 aliphatic carbocycles. The van der Waals surface area contributed by atoms with Gasteiger partial charge in [-0.1, -0.05) is 142 Å². The molecule has 0 fully saturated rings. The molecule has 0 aromatic heterocycles. The molecule has 0 aromatic carbocycles. The highest BCUT2D eigenvalue weighted by atomic mass is 31.2. The maximum absolute atomic E-state index is 12.8. The number of unbranched alkanes of at least 4 members (excludes halogenated alkanes) is 20. The summed E-state index contributed by atoms with van der Waals surface area (Å²) >= 11 is 0. The monoisotopic (exact) mass is 761 g/mol. The van der Waals surface area contributed by atoms with Gasteiger partial charge in [0.25, 0.3) is 0 Å². The predicted molar refractivity (Wildman–Crippen MR) is 209 cm³/mol. The van der Waals surface area contributed by atoms with E-state index in [4.69, 9.17) is 18.5 Å². The van der Waals surface area contributed by atoms with E-state index in [0.717, 1.165) is 32.1 Å². The molecular formula is C40H79N3O8P+. The molecular weight excluding hydrogens is 681 g/mol. The fourth-order valence-electron chi connectivity index (χ4n) is 6.18. The third-order valence-corrected chi connectivity index (χ3v) is 10.7. The van der Waals surface area contributed by atoms with Crippen molar-refractivity contribution < 1.29 is 42.1 Å². The zero-order valence-corrected chi connectivity index (χ0v) is 35.0. The van der Waals surface area contributed by atoms with E-state index >= 15 is 0 Å². The van der Waals surface area contributed by atoms with E-state index in [2.05, 4.69) is 24.1 Å². The molecule has 0 saturated carbocycles. The number of ether oxygens (including phenoxy) is 2. The van der Waals surface area contributed by atoms with Gasteiger partial charge in [-0.25, -0.2) is 4.57 Å². The van der Waals surface area contributed by atoms with Gasteiger partial charge in [0, 0.05) is 12.8 Å². The normalized spacial score (nSPS) is 15.3. The molecule has 1 aliphatic heterocycles. The third-order valence-electron chi connectivity index (χ3n) is 9.67. The van der Waals surface area contributed by atoms with Crippen molar-refractivity contribution in [3.8, 4) is 0 Å². The fraction of sp³-hybridized carbons (Fsp3) is 0.950. The lowest BCUT2D eigenvalue weighted by Crippen LogP contribution is -2.37. The Bertz CT molecular complexity index is 984. The maximum atomic E-state index is 12.8. The first-order valence-electron chi connectivity index (χ1n) is 21.1. The zero-order chi connectivity index (χ0) is 38.4. The van der Waals surface area contributed by atoms with Gasteiger partial charge >= 0.3 is 19.8 Å². The summed E-state index contributed by atoms with van der Waals surface area (Å²) < 4.78 is 34.3. The summed E-state index contributed by atoms with van der Waals surface area (Å²) in [5.74, 6) is -0.871. The molecule has 12 heteroatoms. The van der Waals surface area contributed by atoms with E-state index in [1.165, 1.54) is 116 Å². The first-order chi connectivity index (χ1) is 24.9. The number of rotatable bonds is 38. The van der Waals surface area contributed by atoms with Gasteiger partial charge in [-0.05, 0) is 32.1 Å². The Balaban J connectivity index is 2.35. The summed E-state index contributed by atoms with van der Waals surface area (Å²) in [5.41, 5.74) is -0.360. The lowest BCUT2D eigenvalue weighted by atomic mass is 9.98. The van der Waals surface area contributed by atoms with Crippen molar-refractivity contribution in [3.63, 3.8) is 0 Å². The van der Waals surface area contributed by atoms with Crippen LogP contribution < -0.4 is 0 Å². The second-order valence-corrected chi connectivity index (χ2v) is 17.5. The van der Waals surface area contributed by atoms with Crippen LogP contribution in [0.15, 0.2) is 10.2 Å². The number of phosphoric acid groups is 1. The Morgan fingerprint density at radius 1 is 0.615 bits per heavy atom. The number of nitrogens with zero attached hydrogens (tertiary/aromatic N) is 3. The van der Waals surface area contributed by atoms with Crippen LogP contribution in [0.25, 0.3) is 0 Å². The summed E-state index contributed by atoms with van der Waals surface area (Å²) in [6.45, 7) is 4.32. The lowest BCUT2D eigenvalue weighted by Gasteiger charge is -2.24. The molecule has 1 N–H and O–H groups in total. The average molecular weight is 761 g/mol. The SMILES string of the molecule is CCCCCCCCCCCCCCCCCC(=O)OCC(COP(=O)(O)OCC[N+](C)(C)C)OC(=O)CCCC1(CCCCCCCCC)N=N1. The second kappa shape index (κ2) is 29.9. The summed E-state index contributed by atoms with van der Waals surface area (Å²) in [4.78, 5) is 35.5. The summed E-state index contributed by atoms with van der Waals surface area (Å²) in [7, 11) is 1.44. The van der Waals surface area contributed by atoms with Crippen LogP contribution in [-0.2, 0) is 32.7 Å². The molecule has 1 heterocycles. The molecule has 0 amide bonds. The van der Waals surface area contributed by atoms with Gasteiger partial charge in [0.05, 0.1) is 27.7 Å². The minimum absolute atomic E-state index is 0.0205. The molecule has 0 bridgehead atoms. The zero-order valence-electron chi connectivity index (χ0n) is 34.1.